The Morgan fingerprint density at radius 1 is 1.17 bits per heavy atom. The molecule has 4 rings (SSSR count). The fourth-order valence-electron chi connectivity index (χ4n) is 3.96. The number of hydrogen-bond acceptors (Lipinski definition) is 3. The van der Waals surface area contributed by atoms with Crippen molar-refractivity contribution in [2.45, 2.75) is 12.8 Å². The first kappa shape index (κ1) is 19.2. The van der Waals surface area contributed by atoms with Gasteiger partial charge in [-0.1, -0.05) is 6.07 Å². The maximum Gasteiger partial charge on any atom is 0.319 e. The van der Waals surface area contributed by atoms with Crippen molar-refractivity contribution >= 4 is 23.3 Å². The molecular weight excluding hydrogens is 371 g/mol. The molecule has 2 heterocycles. The van der Waals surface area contributed by atoms with E-state index in [4.69, 9.17) is 0 Å². The molecule has 1 fully saturated rings. The Balaban J connectivity index is 1.29. The smallest absolute Gasteiger partial charge is 0.319 e. The number of amides is 3. The van der Waals surface area contributed by atoms with Crippen LogP contribution in [0.5, 0.6) is 0 Å². The van der Waals surface area contributed by atoms with Crippen molar-refractivity contribution in [3.8, 4) is 0 Å². The second-order valence-electron chi connectivity index (χ2n) is 7.76. The lowest BCUT2D eigenvalue weighted by Gasteiger charge is -2.25. The van der Waals surface area contributed by atoms with Gasteiger partial charge in [-0.05, 0) is 60.7 Å². The van der Waals surface area contributed by atoms with E-state index in [9.17, 15) is 14.0 Å². The van der Waals surface area contributed by atoms with Crippen LogP contribution in [-0.4, -0.2) is 50.1 Å². The Labute approximate surface area is 169 Å². The lowest BCUT2D eigenvalue weighted by molar-refractivity contribution is 0.0781. The van der Waals surface area contributed by atoms with E-state index in [1.54, 1.807) is 30.1 Å². The molecule has 0 unspecified atom stereocenters. The largest absolute Gasteiger partial charge is 0.371 e. The van der Waals surface area contributed by atoms with Gasteiger partial charge in [0.05, 0.1) is 0 Å². The monoisotopic (exact) mass is 396 g/mol. The minimum atomic E-state index is -0.276. The van der Waals surface area contributed by atoms with E-state index in [1.165, 1.54) is 12.1 Å². The fraction of sp³-hybridized carbons (Fsp3) is 0.364. The second kappa shape index (κ2) is 8.11. The Hall–Kier alpha value is -3.09. The molecule has 1 saturated heterocycles. The zero-order valence-electron chi connectivity index (χ0n) is 16.5. The number of fused-ring (bicyclic) bond motifs is 1. The number of benzene rings is 2. The maximum absolute atomic E-state index is 13.1. The molecule has 2 aromatic rings. The quantitative estimate of drug-likeness (QED) is 0.835. The van der Waals surface area contributed by atoms with Gasteiger partial charge >= 0.3 is 6.03 Å². The molecule has 0 aromatic heterocycles. The molecule has 152 valence electrons. The molecule has 0 aliphatic carbocycles. The molecule has 0 saturated carbocycles. The number of nitrogens with one attached hydrogen (secondary N) is 2. The summed E-state index contributed by atoms with van der Waals surface area (Å²) in [6.45, 7) is 3.00. The van der Waals surface area contributed by atoms with Crippen LogP contribution in [0.2, 0.25) is 0 Å². The maximum atomic E-state index is 13.1. The Bertz CT molecular complexity index is 916. The number of hydrogen-bond donors (Lipinski definition) is 2. The lowest BCUT2D eigenvalue weighted by atomic mass is 9.99. The number of carbonyl (C=O) groups is 2. The van der Waals surface area contributed by atoms with Crippen LogP contribution in [0.15, 0.2) is 42.5 Å². The minimum absolute atomic E-state index is 0.0119. The van der Waals surface area contributed by atoms with Gasteiger partial charge in [0.25, 0.3) is 5.91 Å². The molecule has 7 heteroatoms. The van der Waals surface area contributed by atoms with E-state index in [0.29, 0.717) is 23.7 Å². The summed E-state index contributed by atoms with van der Waals surface area (Å²) < 4.78 is 13.1. The number of nitrogens with zero attached hydrogens (tertiary/aromatic N) is 2. The van der Waals surface area contributed by atoms with Crippen LogP contribution in [0.1, 0.15) is 22.3 Å². The normalized spacial score (nSPS) is 18.6. The van der Waals surface area contributed by atoms with Crippen LogP contribution in [0, 0.1) is 11.7 Å². The molecule has 0 radical (unpaired) electrons. The van der Waals surface area contributed by atoms with Gasteiger partial charge in [0.15, 0.2) is 0 Å². The number of carbonyl (C=O) groups excluding carboxylic acids is 2. The zero-order valence-corrected chi connectivity index (χ0v) is 16.5. The summed E-state index contributed by atoms with van der Waals surface area (Å²) in [5.41, 5.74) is 3.29. The van der Waals surface area contributed by atoms with Crippen LogP contribution in [0.25, 0.3) is 0 Å². The molecule has 2 aromatic carbocycles. The van der Waals surface area contributed by atoms with Crippen molar-refractivity contribution in [2.24, 2.45) is 5.92 Å². The van der Waals surface area contributed by atoms with Crippen LogP contribution in [0.4, 0.5) is 20.6 Å². The molecule has 1 atom stereocenters. The predicted octanol–water partition coefficient (Wildman–Crippen LogP) is 3.10. The van der Waals surface area contributed by atoms with E-state index in [-0.39, 0.29) is 17.8 Å². The highest BCUT2D eigenvalue weighted by Gasteiger charge is 2.24. The highest BCUT2D eigenvalue weighted by Crippen LogP contribution is 2.24. The summed E-state index contributed by atoms with van der Waals surface area (Å²) in [5.74, 6) is 0.0880. The summed E-state index contributed by atoms with van der Waals surface area (Å²) >= 11 is 0. The van der Waals surface area contributed by atoms with E-state index < -0.39 is 0 Å². The van der Waals surface area contributed by atoms with Gasteiger partial charge in [0.2, 0.25) is 0 Å². The van der Waals surface area contributed by atoms with Crippen LogP contribution >= 0.6 is 0 Å². The number of likely N-dealkylation sites (N-methyl/N-ethyl adjacent to an activating group) is 1. The van der Waals surface area contributed by atoms with Gasteiger partial charge in [-0.15, -0.1) is 0 Å². The highest BCUT2D eigenvalue weighted by molar-refractivity contribution is 5.99. The molecule has 2 N–H and O–H groups in total. The van der Waals surface area contributed by atoms with E-state index in [2.05, 4.69) is 15.5 Å². The number of anilines is 2. The average Bonchev–Trinajstić information content (AvgIpc) is 3.19. The van der Waals surface area contributed by atoms with E-state index in [1.807, 2.05) is 12.1 Å². The van der Waals surface area contributed by atoms with Gasteiger partial charge in [-0.2, -0.15) is 0 Å². The third-order valence-electron chi connectivity index (χ3n) is 5.69. The topological polar surface area (TPSA) is 64.7 Å². The number of urea groups is 1. The van der Waals surface area contributed by atoms with Gasteiger partial charge in [0, 0.05) is 50.2 Å². The van der Waals surface area contributed by atoms with Crippen molar-refractivity contribution in [3.63, 3.8) is 0 Å². The Morgan fingerprint density at radius 2 is 1.97 bits per heavy atom. The summed E-state index contributed by atoms with van der Waals surface area (Å²) in [7, 11) is 1.79. The molecule has 3 amide bonds. The third kappa shape index (κ3) is 4.34. The fourth-order valence-corrected chi connectivity index (χ4v) is 3.96. The van der Waals surface area contributed by atoms with Crippen molar-refractivity contribution in [1.82, 2.24) is 10.2 Å². The molecule has 6 nitrogen and oxygen atoms in total. The molecule has 0 bridgehead atoms. The summed E-state index contributed by atoms with van der Waals surface area (Å²) in [6, 6.07) is 11.7. The Kier molecular flexibility index (Phi) is 5.38. The standard InChI is InChI=1S/C22H25FN4O2/c1-26-10-9-16-2-5-18(12-20(16)21(26)28)25-22(29)24-13-15-8-11-27(14-15)19-6-3-17(23)4-7-19/h2-7,12,15H,8-11,13-14H2,1H3,(H2,24,25,29)/t15-/m0/s1. The Morgan fingerprint density at radius 3 is 2.76 bits per heavy atom. The predicted molar refractivity (Wildman–Crippen MR) is 111 cm³/mol. The number of rotatable bonds is 4. The van der Waals surface area contributed by atoms with Gasteiger partial charge < -0.3 is 20.4 Å². The van der Waals surface area contributed by atoms with E-state index >= 15 is 0 Å². The summed E-state index contributed by atoms with van der Waals surface area (Å²) in [4.78, 5) is 28.5. The first-order valence-corrected chi connectivity index (χ1v) is 9.93. The van der Waals surface area contributed by atoms with E-state index in [0.717, 1.165) is 43.7 Å². The number of halogens is 1. The average molecular weight is 396 g/mol. The van der Waals surface area contributed by atoms with Gasteiger partial charge in [-0.3, -0.25) is 4.79 Å². The van der Waals surface area contributed by atoms with Crippen LogP contribution < -0.4 is 15.5 Å². The van der Waals surface area contributed by atoms with Crippen LogP contribution in [0.3, 0.4) is 0 Å². The highest BCUT2D eigenvalue weighted by atomic mass is 19.1. The van der Waals surface area contributed by atoms with Crippen molar-refractivity contribution < 1.29 is 14.0 Å². The molecule has 29 heavy (non-hydrogen) atoms. The minimum Gasteiger partial charge on any atom is -0.371 e. The lowest BCUT2D eigenvalue weighted by Crippen LogP contribution is -2.35. The van der Waals surface area contributed by atoms with Gasteiger partial charge in [0.1, 0.15) is 5.82 Å². The van der Waals surface area contributed by atoms with Crippen molar-refractivity contribution in [3.05, 3.63) is 59.4 Å². The third-order valence-corrected chi connectivity index (χ3v) is 5.69. The second-order valence-corrected chi connectivity index (χ2v) is 7.76. The van der Waals surface area contributed by atoms with Crippen LogP contribution in [-0.2, 0) is 6.42 Å². The van der Waals surface area contributed by atoms with Gasteiger partial charge in [-0.25, -0.2) is 9.18 Å². The molecule has 0 spiro atoms. The SMILES string of the molecule is CN1CCc2ccc(NC(=O)NC[C@@H]3CCN(c4ccc(F)cc4)C3)cc2C1=O. The molecule has 2 aliphatic heterocycles. The van der Waals surface area contributed by atoms with Crippen molar-refractivity contribution in [1.29, 1.82) is 0 Å². The first-order chi connectivity index (χ1) is 14.0. The summed E-state index contributed by atoms with van der Waals surface area (Å²) in [5, 5.41) is 5.75. The summed E-state index contributed by atoms with van der Waals surface area (Å²) in [6.07, 6.45) is 1.80. The van der Waals surface area contributed by atoms with Crippen molar-refractivity contribution in [2.75, 3.05) is 43.4 Å². The first-order valence-electron chi connectivity index (χ1n) is 9.93. The molecule has 2 aliphatic rings. The molecular formula is C22H25FN4O2. The zero-order chi connectivity index (χ0) is 20.4.